The first-order chi connectivity index (χ1) is 14.1. The predicted molar refractivity (Wildman–Crippen MR) is 95.5 cm³/mol. The van der Waals surface area contributed by atoms with Crippen LogP contribution >= 0.6 is 0 Å². The molecule has 2 aromatic carbocycles. The minimum absolute atomic E-state index is 0.222. The van der Waals surface area contributed by atoms with Crippen molar-refractivity contribution in [1.82, 2.24) is 5.43 Å². The molecule has 0 fully saturated rings. The van der Waals surface area contributed by atoms with Crippen LogP contribution in [0.25, 0.3) is 0 Å². The number of alkyl halides is 4. The molecular formula is C17H12F4N4O5. The molecule has 0 saturated carbocycles. The Kier molecular flexibility index (Phi) is 7.01. The highest BCUT2D eigenvalue weighted by molar-refractivity contribution is 6.39. The number of carbonyl (C=O) groups excluding carboxylic acids is 2. The van der Waals surface area contributed by atoms with E-state index in [4.69, 9.17) is 0 Å². The Labute approximate surface area is 165 Å². The first kappa shape index (κ1) is 22.3. The van der Waals surface area contributed by atoms with Crippen LogP contribution in [0.15, 0.2) is 53.6 Å². The number of nitro groups is 1. The molecule has 0 aromatic heterocycles. The van der Waals surface area contributed by atoms with Gasteiger partial charge in [-0.25, -0.2) is 5.43 Å². The summed E-state index contributed by atoms with van der Waals surface area (Å²) in [6.07, 6.45) is -7.91. The Morgan fingerprint density at radius 1 is 1.13 bits per heavy atom. The summed E-state index contributed by atoms with van der Waals surface area (Å²) < 4.78 is 54.7. The molecule has 0 heterocycles. The maximum absolute atomic E-state index is 13.1. The molecule has 2 N–H and O–H groups in total. The first-order valence-electron chi connectivity index (χ1n) is 7.93. The summed E-state index contributed by atoms with van der Waals surface area (Å²) in [5.41, 5.74) is 1.39. The van der Waals surface area contributed by atoms with E-state index < -0.39 is 40.7 Å². The molecule has 0 saturated heterocycles. The number of nitro benzene ring substituents is 1. The Morgan fingerprint density at radius 3 is 2.50 bits per heavy atom. The van der Waals surface area contributed by atoms with Crippen LogP contribution in [0.5, 0.6) is 5.75 Å². The number of halogens is 4. The molecule has 30 heavy (non-hydrogen) atoms. The zero-order valence-corrected chi connectivity index (χ0v) is 14.7. The van der Waals surface area contributed by atoms with Gasteiger partial charge >= 0.3 is 24.3 Å². The van der Waals surface area contributed by atoms with Gasteiger partial charge in [0.1, 0.15) is 5.75 Å². The van der Waals surface area contributed by atoms with Crippen molar-refractivity contribution in [3.8, 4) is 5.75 Å². The van der Waals surface area contributed by atoms with Crippen LogP contribution in [0.4, 0.5) is 28.9 Å². The number of rotatable bonds is 7. The molecule has 13 heteroatoms. The SMILES string of the molecule is O=C(N/N=C\c1cccc([N+](=O)[O-])c1)C(=O)Nc1ccccc1OC(F)(F)C(F)F. The van der Waals surface area contributed by atoms with Gasteiger partial charge in [0.2, 0.25) is 0 Å². The number of hydrogen-bond donors (Lipinski definition) is 2. The Bertz CT molecular complexity index is 984. The monoisotopic (exact) mass is 428 g/mol. The lowest BCUT2D eigenvalue weighted by Crippen LogP contribution is -2.35. The van der Waals surface area contributed by atoms with Gasteiger partial charge in [-0.05, 0) is 12.1 Å². The second kappa shape index (κ2) is 9.45. The van der Waals surface area contributed by atoms with Crippen molar-refractivity contribution in [3.05, 3.63) is 64.2 Å². The average Bonchev–Trinajstić information content (AvgIpc) is 2.69. The molecule has 0 unspecified atom stereocenters. The summed E-state index contributed by atoms with van der Waals surface area (Å²) in [6.45, 7) is 0. The molecular weight excluding hydrogens is 416 g/mol. The number of nitrogens with zero attached hydrogens (tertiary/aromatic N) is 2. The molecule has 0 aliphatic rings. The number of carbonyl (C=O) groups is 2. The number of hydrazone groups is 1. The van der Waals surface area contributed by atoms with E-state index in [0.717, 1.165) is 24.4 Å². The van der Waals surface area contributed by atoms with Crippen molar-refractivity contribution >= 4 is 29.4 Å². The second-order valence-electron chi connectivity index (χ2n) is 5.47. The normalized spacial score (nSPS) is 11.4. The van der Waals surface area contributed by atoms with Crippen LogP contribution in [0, 0.1) is 10.1 Å². The van der Waals surface area contributed by atoms with Crippen LogP contribution in [0.3, 0.4) is 0 Å². The number of benzene rings is 2. The summed E-state index contributed by atoms with van der Waals surface area (Å²) in [7, 11) is 0. The maximum atomic E-state index is 13.1. The Balaban J connectivity index is 2.02. The van der Waals surface area contributed by atoms with Gasteiger partial charge in [-0.2, -0.15) is 22.7 Å². The molecule has 2 rings (SSSR count). The molecule has 0 aliphatic carbocycles. The fourth-order valence-electron chi connectivity index (χ4n) is 1.96. The van der Waals surface area contributed by atoms with Crippen molar-refractivity contribution in [1.29, 1.82) is 0 Å². The van der Waals surface area contributed by atoms with Gasteiger partial charge in [0.25, 0.3) is 5.69 Å². The van der Waals surface area contributed by atoms with E-state index in [9.17, 15) is 37.3 Å². The van der Waals surface area contributed by atoms with Crippen LogP contribution in [0.2, 0.25) is 0 Å². The topological polar surface area (TPSA) is 123 Å². The molecule has 0 bridgehead atoms. The number of ether oxygens (including phenoxy) is 1. The van der Waals surface area contributed by atoms with Gasteiger partial charge in [0.15, 0.2) is 0 Å². The summed E-state index contributed by atoms with van der Waals surface area (Å²) in [6, 6.07) is 9.63. The third kappa shape index (κ3) is 5.98. The fraction of sp³-hybridized carbons (Fsp3) is 0.118. The third-order valence-electron chi connectivity index (χ3n) is 3.30. The highest BCUT2D eigenvalue weighted by Crippen LogP contribution is 2.32. The number of non-ortho nitro benzene ring substituents is 1. The standard InChI is InChI=1S/C17H12F4N4O5/c18-16(19)17(20,21)30-13-7-2-1-6-12(13)23-14(26)15(27)24-22-9-10-4-3-5-11(8-10)25(28)29/h1-9,16H,(H,23,26)(H,24,27)/b22-9-. The third-order valence-corrected chi connectivity index (χ3v) is 3.30. The smallest absolute Gasteiger partial charge is 0.426 e. The fourth-order valence-corrected chi connectivity index (χ4v) is 1.96. The Hall–Kier alpha value is -4.03. The Morgan fingerprint density at radius 2 is 1.83 bits per heavy atom. The van der Waals surface area contributed by atoms with Gasteiger partial charge in [-0.15, -0.1) is 0 Å². The number of anilines is 1. The minimum atomic E-state index is -4.81. The lowest BCUT2D eigenvalue weighted by atomic mass is 10.2. The van der Waals surface area contributed by atoms with Crippen LogP contribution in [-0.4, -0.2) is 35.5 Å². The largest absolute Gasteiger partial charge is 0.461 e. The van der Waals surface area contributed by atoms with Crippen LogP contribution in [-0.2, 0) is 9.59 Å². The number of nitrogens with one attached hydrogen (secondary N) is 2. The van der Waals surface area contributed by atoms with E-state index in [1.165, 1.54) is 30.3 Å². The molecule has 0 atom stereocenters. The van der Waals surface area contributed by atoms with Gasteiger partial charge in [0.05, 0.1) is 16.8 Å². The molecule has 0 aliphatic heterocycles. The molecule has 0 spiro atoms. The summed E-state index contributed by atoms with van der Waals surface area (Å²) in [5, 5.41) is 16.1. The van der Waals surface area contributed by atoms with E-state index in [1.54, 1.807) is 0 Å². The molecule has 2 amide bonds. The zero-order valence-electron chi connectivity index (χ0n) is 14.7. The van der Waals surface area contributed by atoms with Crippen molar-refractivity contribution < 1.29 is 36.8 Å². The second-order valence-corrected chi connectivity index (χ2v) is 5.47. The summed E-state index contributed by atoms with van der Waals surface area (Å²) in [4.78, 5) is 33.7. The predicted octanol–water partition coefficient (Wildman–Crippen LogP) is 2.92. The van der Waals surface area contributed by atoms with Gasteiger partial charge in [-0.1, -0.05) is 24.3 Å². The minimum Gasteiger partial charge on any atom is -0.426 e. The number of para-hydroxylation sites is 2. The molecule has 158 valence electrons. The highest BCUT2D eigenvalue weighted by atomic mass is 19.3. The van der Waals surface area contributed by atoms with E-state index in [0.29, 0.717) is 0 Å². The molecule has 0 radical (unpaired) electrons. The van der Waals surface area contributed by atoms with E-state index >= 15 is 0 Å². The maximum Gasteiger partial charge on any atom is 0.461 e. The highest BCUT2D eigenvalue weighted by Gasteiger charge is 2.44. The zero-order chi connectivity index (χ0) is 22.3. The molecule has 9 nitrogen and oxygen atoms in total. The van der Waals surface area contributed by atoms with Crippen molar-refractivity contribution in [3.63, 3.8) is 0 Å². The number of amides is 2. The van der Waals surface area contributed by atoms with Crippen molar-refractivity contribution in [2.24, 2.45) is 5.10 Å². The van der Waals surface area contributed by atoms with Crippen LogP contribution in [0.1, 0.15) is 5.56 Å². The van der Waals surface area contributed by atoms with Crippen molar-refractivity contribution in [2.75, 3.05) is 5.32 Å². The average molecular weight is 428 g/mol. The molecule has 2 aromatic rings. The van der Waals surface area contributed by atoms with Gasteiger partial charge in [-0.3, -0.25) is 19.7 Å². The summed E-state index contributed by atoms with van der Waals surface area (Å²) in [5.74, 6) is -3.47. The van der Waals surface area contributed by atoms with E-state index in [1.807, 2.05) is 10.7 Å². The lowest BCUT2D eigenvalue weighted by molar-refractivity contribution is -0.384. The van der Waals surface area contributed by atoms with Gasteiger partial charge < -0.3 is 10.1 Å². The lowest BCUT2D eigenvalue weighted by Gasteiger charge is -2.19. The van der Waals surface area contributed by atoms with E-state index in [-0.39, 0.29) is 11.3 Å². The first-order valence-corrected chi connectivity index (χ1v) is 7.93. The summed E-state index contributed by atoms with van der Waals surface area (Å²) >= 11 is 0. The van der Waals surface area contributed by atoms with Crippen LogP contribution < -0.4 is 15.5 Å². The quantitative estimate of drug-likeness (QED) is 0.231. The van der Waals surface area contributed by atoms with Crippen molar-refractivity contribution in [2.45, 2.75) is 12.5 Å². The van der Waals surface area contributed by atoms with E-state index in [2.05, 4.69) is 9.84 Å². The number of hydrogen-bond acceptors (Lipinski definition) is 6. The van der Waals surface area contributed by atoms with Gasteiger partial charge in [0, 0.05) is 17.7 Å².